The van der Waals surface area contributed by atoms with Gasteiger partial charge in [0.25, 0.3) is 0 Å². The summed E-state index contributed by atoms with van der Waals surface area (Å²) in [5.74, 6) is 0.566. The van der Waals surface area contributed by atoms with E-state index in [0.717, 1.165) is 22.2 Å². The monoisotopic (exact) mass is 260 g/mol. The van der Waals surface area contributed by atoms with E-state index in [-0.39, 0.29) is 0 Å². The first kappa shape index (κ1) is 12.1. The van der Waals surface area contributed by atoms with Gasteiger partial charge in [0, 0.05) is 17.3 Å². The summed E-state index contributed by atoms with van der Waals surface area (Å²) in [5.41, 5.74) is 2.81. The quantitative estimate of drug-likeness (QED) is 0.783. The van der Waals surface area contributed by atoms with Crippen LogP contribution in [0.1, 0.15) is 5.56 Å². The smallest absolute Gasteiger partial charge is 0.227 e. The van der Waals surface area contributed by atoms with Crippen molar-refractivity contribution < 1.29 is 0 Å². The second-order valence-electron chi connectivity index (χ2n) is 4.41. The van der Waals surface area contributed by atoms with Gasteiger partial charge in [0.1, 0.15) is 0 Å². The van der Waals surface area contributed by atoms with Gasteiger partial charge < -0.3 is 5.32 Å². The van der Waals surface area contributed by atoms with Crippen LogP contribution >= 0.6 is 0 Å². The van der Waals surface area contributed by atoms with Crippen molar-refractivity contribution in [3.8, 4) is 6.07 Å². The fourth-order valence-corrected chi connectivity index (χ4v) is 1.96. The van der Waals surface area contributed by atoms with Gasteiger partial charge in [-0.15, -0.1) is 0 Å². The van der Waals surface area contributed by atoms with Crippen LogP contribution in [0.3, 0.4) is 0 Å². The molecule has 3 rings (SSSR count). The Balaban J connectivity index is 1.83. The van der Waals surface area contributed by atoms with E-state index in [1.807, 2.05) is 48.5 Å². The lowest BCUT2D eigenvalue weighted by Gasteiger charge is -2.06. The Morgan fingerprint density at radius 2 is 1.85 bits per heavy atom. The molecule has 0 fully saturated rings. The topological polar surface area (TPSA) is 61.6 Å². The molecule has 0 amide bonds. The van der Waals surface area contributed by atoms with E-state index in [1.54, 1.807) is 6.20 Å². The Kier molecular flexibility index (Phi) is 3.25. The molecule has 0 radical (unpaired) electrons. The van der Waals surface area contributed by atoms with Crippen LogP contribution in [0.4, 0.5) is 11.6 Å². The van der Waals surface area contributed by atoms with Gasteiger partial charge in [0.2, 0.25) is 5.95 Å². The van der Waals surface area contributed by atoms with Gasteiger partial charge >= 0.3 is 0 Å². The second kappa shape index (κ2) is 5.37. The summed E-state index contributed by atoms with van der Waals surface area (Å²) >= 11 is 0. The maximum Gasteiger partial charge on any atom is 0.227 e. The molecule has 0 aliphatic rings. The molecule has 1 heterocycles. The summed E-state index contributed by atoms with van der Waals surface area (Å²) in [4.78, 5) is 8.74. The lowest BCUT2D eigenvalue weighted by atomic mass is 10.1. The molecule has 3 aromatic rings. The molecule has 0 aliphatic heterocycles. The zero-order valence-corrected chi connectivity index (χ0v) is 10.7. The average Bonchev–Trinajstić information content (AvgIpc) is 2.49. The zero-order chi connectivity index (χ0) is 13.8. The largest absolute Gasteiger partial charge is 0.324 e. The molecule has 2 aromatic carbocycles. The van der Waals surface area contributed by atoms with Gasteiger partial charge in [0.15, 0.2) is 0 Å². The van der Waals surface area contributed by atoms with Crippen molar-refractivity contribution >= 4 is 22.5 Å². The molecule has 0 unspecified atom stereocenters. The number of aromatic nitrogens is 2. The van der Waals surface area contributed by atoms with E-state index in [1.165, 1.54) is 0 Å². The number of fused-ring (bicyclic) bond motifs is 1. The van der Waals surface area contributed by atoms with Crippen molar-refractivity contribution in [2.75, 3.05) is 5.32 Å². The third kappa shape index (κ3) is 2.57. The van der Waals surface area contributed by atoms with E-state index in [2.05, 4.69) is 21.4 Å². The van der Waals surface area contributed by atoms with Gasteiger partial charge in [0.05, 0.1) is 18.0 Å². The lowest BCUT2D eigenvalue weighted by molar-refractivity contribution is 1.21. The number of nitrogens with one attached hydrogen (secondary N) is 1. The van der Waals surface area contributed by atoms with Gasteiger partial charge in [-0.25, -0.2) is 9.97 Å². The van der Waals surface area contributed by atoms with Crippen LogP contribution in [-0.4, -0.2) is 9.97 Å². The number of hydrogen-bond donors (Lipinski definition) is 1. The summed E-state index contributed by atoms with van der Waals surface area (Å²) in [6, 6.07) is 17.7. The summed E-state index contributed by atoms with van der Waals surface area (Å²) in [6.45, 7) is 0. The summed E-state index contributed by atoms with van der Waals surface area (Å²) in [7, 11) is 0. The minimum Gasteiger partial charge on any atom is -0.324 e. The minimum atomic E-state index is 0.423. The molecular formula is C16H12N4. The Bertz CT molecular complexity index is 772. The highest BCUT2D eigenvalue weighted by Crippen LogP contribution is 2.17. The number of hydrogen-bond acceptors (Lipinski definition) is 4. The van der Waals surface area contributed by atoms with Crippen molar-refractivity contribution in [1.82, 2.24) is 9.97 Å². The zero-order valence-electron chi connectivity index (χ0n) is 10.7. The van der Waals surface area contributed by atoms with Crippen molar-refractivity contribution in [2.45, 2.75) is 6.42 Å². The number of para-hydroxylation sites is 1. The van der Waals surface area contributed by atoms with Crippen LogP contribution in [0.2, 0.25) is 0 Å². The number of benzene rings is 2. The SMILES string of the molecule is N#CCc1ccc(Nc2ncc3ccccc3n2)cc1. The maximum absolute atomic E-state index is 8.64. The molecule has 0 spiro atoms. The van der Waals surface area contributed by atoms with Crippen molar-refractivity contribution in [3.63, 3.8) is 0 Å². The number of nitriles is 1. The van der Waals surface area contributed by atoms with Crippen LogP contribution < -0.4 is 5.32 Å². The average molecular weight is 260 g/mol. The lowest BCUT2D eigenvalue weighted by Crippen LogP contribution is -1.97. The van der Waals surface area contributed by atoms with Crippen LogP contribution in [0.25, 0.3) is 10.9 Å². The van der Waals surface area contributed by atoms with Crippen LogP contribution in [0.5, 0.6) is 0 Å². The van der Waals surface area contributed by atoms with Crippen LogP contribution in [-0.2, 0) is 6.42 Å². The van der Waals surface area contributed by atoms with E-state index < -0.39 is 0 Å². The van der Waals surface area contributed by atoms with Gasteiger partial charge in [-0.2, -0.15) is 5.26 Å². The Labute approximate surface area is 116 Å². The molecule has 96 valence electrons. The van der Waals surface area contributed by atoms with Gasteiger partial charge in [-0.3, -0.25) is 0 Å². The van der Waals surface area contributed by atoms with Crippen LogP contribution in [0.15, 0.2) is 54.7 Å². The molecule has 0 saturated carbocycles. The fraction of sp³-hybridized carbons (Fsp3) is 0.0625. The molecule has 0 aliphatic carbocycles. The van der Waals surface area contributed by atoms with E-state index in [9.17, 15) is 0 Å². The maximum atomic E-state index is 8.64. The predicted octanol–water partition coefficient (Wildman–Crippen LogP) is 3.44. The number of nitrogens with zero attached hydrogens (tertiary/aromatic N) is 3. The van der Waals surface area contributed by atoms with E-state index in [4.69, 9.17) is 5.26 Å². The summed E-state index contributed by atoms with van der Waals surface area (Å²) < 4.78 is 0. The molecular weight excluding hydrogens is 248 g/mol. The van der Waals surface area contributed by atoms with E-state index in [0.29, 0.717) is 12.4 Å². The van der Waals surface area contributed by atoms with Gasteiger partial charge in [-0.1, -0.05) is 30.3 Å². The van der Waals surface area contributed by atoms with Crippen LogP contribution in [0, 0.1) is 11.3 Å². The molecule has 1 N–H and O–H groups in total. The standard InChI is InChI=1S/C16H12N4/c17-10-9-12-5-7-14(8-6-12)19-16-18-11-13-3-1-2-4-15(13)20-16/h1-8,11H,9H2,(H,18,19,20). The Morgan fingerprint density at radius 3 is 2.65 bits per heavy atom. The Hall–Kier alpha value is -2.93. The summed E-state index contributed by atoms with van der Waals surface area (Å²) in [5, 5.41) is 12.8. The minimum absolute atomic E-state index is 0.423. The first-order chi connectivity index (χ1) is 9.85. The van der Waals surface area contributed by atoms with Gasteiger partial charge in [-0.05, 0) is 23.8 Å². The molecule has 4 nitrogen and oxygen atoms in total. The second-order valence-corrected chi connectivity index (χ2v) is 4.41. The predicted molar refractivity (Wildman–Crippen MR) is 78.6 cm³/mol. The highest BCUT2D eigenvalue weighted by molar-refractivity contribution is 5.78. The first-order valence-electron chi connectivity index (χ1n) is 6.30. The van der Waals surface area contributed by atoms with E-state index >= 15 is 0 Å². The number of rotatable bonds is 3. The highest BCUT2D eigenvalue weighted by Gasteiger charge is 2.00. The van der Waals surface area contributed by atoms with Crippen molar-refractivity contribution in [1.29, 1.82) is 5.26 Å². The molecule has 4 heteroatoms. The molecule has 1 aromatic heterocycles. The Morgan fingerprint density at radius 1 is 1.05 bits per heavy atom. The highest BCUT2D eigenvalue weighted by atomic mass is 15.1. The third-order valence-electron chi connectivity index (χ3n) is 2.98. The van der Waals surface area contributed by atoms with Crippen molar-refractivity contribution in [3.05, 3.63) is 60.3 Å². The first-order valence-corrected chi connectivity index (χ1v) is 6.30. The molecule has 20 heavy (non-hydrogen) atoms. The molecule has 0 bridgehead atoms. The summed E-state index contributed by atoms with van der Waals surface area (Å²) in [6.07, 6.45) is 2.22. The molecule has 0 saturated heterocycles. The third-order valence-corrected chi connectivity index (χ3v) is 2.98. The van der Waals surface area contributed by atoms with Crippen molar-refractivity contribution in [2.24, 2.45) is 0 Å². The fourth-order valence-electron chi connectivity index (χ4n) is 1.96. The number of anilines is 2. The molecule has 0 atom stereocenters. The normalized spacial score (nSPS) is 10.2.